The van der Waals surface area contributed by atoms with Crippen LogP contribution in [0.2, 0.25) is 0 Å². The molecular weight excluding hydrogens is 306 g/mol. The van der Waals surface area contributed by atoms with E-state index in [1.807, 2.05) is 13.0 Å². The van der Waals surface area contributed by atoms with Crippen LogP contribution in [0.5, 0.6) is 11.5 Å². The number of methoxy groups -OCH3 is 2. The first-order chi connectivity index (χ1) is 11.5. The van der Waals surface area contributed by atoms with Gasteiger partial charge in [0.25, 0.3) is 0 Å². The zero-order valence-electron chi connectivity index (χ0n) is 13.6. The van der Waals surface area contributed by atoms with E-state index in [1.54, 1.807) is 44.6 Å². The topological polar surface area (TPSA) is 71.5 Å². The first kappa shape index (κ1) is 15.8. The third kappa shape index (κ3) is 2.76. The Morgan fingerprint density at radius 1 is 1.04 bits per heavy atom. The van der Waals surface area contributed by atoms with Crippen LogP contribution in [0.3, 0.4) is 0 Å². The van der Waals surface area contributed by atoms with Crippen molar-refractivity contribution in [2.45, 2.75) is 6.92 Å². The molecular formula is C19H16NO4-. The maximum atomic E-state index is 11.6. The third-order valence-electron chi connectivity index (χ3n) is 3.87. The van der Waals surface area contributed by atoms with E-state index in [0.29, 0.717) is 33.7 Å². The molecule has 0 aliphatic heterocycles. The molecule has 0 radical (unpaired) electrons. The normalized spacial score (nSPS) is 10.6. The number of aromatic nitrogens is 1. The molecule has 0 saturated heterocycles. The SMILES string of the molecule is COc1ccc(OC)c(-c2cc(C(=O)[O-])c3cc(C)ccc3n2)c1. The molecule has 5 nitrogen and oxygen atoms in total. The van der Waals surface area contributed by atoms with Crippen LogP contribution < -0.4 is 14.6 Å². The van der Waals surface area contributed by atoms with E-state index in [0.717, 1.165) is 5.56 Å². The minimum atomic E-state index is -1.24. The van der Waals surface area contributed by atoms with Gasteiger partial charge in [0.2, 0.25) is 0 Å². The number of carboxylic acid groups (broad SMARTS) is 1. The quantitative estimate of drug-likeness (QED) is 0.738. The zero-order chi connectivity index (χ0) is 17.3. The van der Waals surface area contributed by atoms with Gasteiger partial charge in [-0.05, 0) is 43.3 Å². The van der Waals surface area contributed by atoms with Crippen molar-refractivity contribution in [3.8, 4) is 22.8 Å². The number of carboxylic acids is 1. The van der Waals surface area contributed by atoms with Gasteiger partial charge in [0.1, 0.15) is 11.5 Å². The van der Waals surface area contributed by atoms with Crippen LogP contribution in [0.4, 0.5) is 0 Å². The van der Waals surface area contributed by atoms with Gasteiger partial charge in [-0.15, -0.1) is 0 Å². The summed E-state index contributed by atoms with van der Waals surface area (Å²) < 4.78 is 10.6. The van der Waals surface area contributed by atoms with Crippen LogP contribution in [0.15, 0.2) is 42.5 Å². The van der Waals surface area contributed by atoms with Crippen molar-refractivity contribution >= 4 is 16.9 Å². The Labute approximate surface area is 139 Å². The van der Waals surface area contributed by atoms with Crippen LogP contribution in [0.25, 0.3) is 22.2 Å². The Hall–Kier alpha value is -3.08. The molecule has 0 saturated carbocycles. The number of hydrogen-bond acceptors (Lipinski definition) is 5. The number of fused-ring (bicyclic) bond motifs is 1. The molecule has 0 fully saturated rings. The van der Waals surface area contributed by atoms with E-state index in [-0.39, 0.29) is 5.56 Å². The van der Waals surface area contributed by atoms with E-state index in [1.165, 1.54) is 6.07 Å². The van der Waals surface area contributed by atoms with Crippen molar-refractivity contribution in [3.05, 3.63) is 53.6 Å². The van der Waals surface area contributed by atoms with Crippen molar-refractivity contribution in [1.29, 1.82) is 0 Å². The zero-order valence-corrected chi connectivity index (χ0v) is 13.6. The lowest BCUT2D eigenvalue weighted by Gasteiger charge is -2.14. The highest BCUT2D eigenvalue weighted by molar-refractivity contribution is 6.03. The number of carbonyl (C=O) groups excluding carboxylic acids is 1. The Bertz CT molecular complexity index is 934. The molecule has 24 heavy (non-hydrogen) atoms. The van der Waals surface area contributed by atoms with Crippen molar-refractivity contribution in [1.82, 2.24) is 4.98 Å². The number of aromatic carboxylic acids is 1. The summed E-state index contributed by atoms with van der Waals surface area (Å²) in [5.41, 5.74) is 2.78. The Morgan fingerprint density at radius 2 is 1.83 bits per heavy atom. The predicted molar refractivity (Wildman–Crippen MR) is 89.4 cm³/mol. The van der Waals surface area contributed by atoms with E-state index < -0.39 is 5.97 Å². The summed E-state index contributed by atoms with van der Waals surface area (Å²) in [4.78, 5) is 16.2. The summed E-state index contributed by atoms with van der Waals surface area (Å²) in [6.07, 6.45) is 0. The van der Waals surface area contributed by atoms with Gasteiger partial charge in [-0.25, -0.2) is 4.98 Å². The molecule has 0 unspecified atom stereocenters. The first-order valence-corrected chi connectivity index (χ1v) is 7.38. The van der Waals surface area contributed by atoms with Gasteiger partial charge in [-0.3, -0.25) is 0 Å². The van der Waals surface area contributed by atoms with Crippen LogP contribution in [0, 0.1) is 6.92 Å². The van der Waals surface area contributed by atoms with E-state index in [2.05, 4.69) is 4.98 Å². The Morgan fingerprint density at radius 3 is 2.50 bits per heavy atom. The molecule has 0 spiro atoms. The molecule has 3 rings (SSSR count). The average Bonchev–Trinajstić information content (AvgIpc) is 2.60. The summed E-state index contributed by atoms with van der Waals surface area (Å²) in [5.74, 6) is -0.0261. The van der Waals surface area contributed by atoms with Gasteiger partial charge in [0.15, 0.2) is 0 Å². The highest BCUT2D eigenvalue weighted by Crippen LogP contribution is 2.34. The number of aryl methyl sites for hydroxylation is 1. The van der Waals surface area contributed by atoms with Gasteiger partial charge in [-0.2, -0.15) is 0 Å². The van der Waals surface area contributed by atoms with Crippen molar-refractivity contribution in [3.63, 3.8) is 0 Å². The number of ether oxygens (including phenoxy) is 2. The van der Waals surface area contributed by atoms with Crippen LogP contribution in [-0.2, 0) is 0 Å². The second-order valence-corrected chi connectivity index (χ2v) is 5.43. The summed E-state index contributed by atoms with van der Waals surface area (Å²) in [5, 5.41) is 12.1. The fraction of sp³-hybridized carbons (Fsp3) is 0.158. The van der Waals surface area contributed by atoms with Gasteiger partial charge in [0, 0.05) is 16.5 Å². The first-order valence-electron chi connectivity index (χ1n) is 7.38. The number of hydrogen-bond donors (Lipinski definition) is 0. The molecule has 0 N–H and O–H groups in total. The standard InChI is InChI=1S/C19H17NO4/c1-11-4-6-16-13(8-11)14(19(21)22)10-17(20-16)15-9-12(23-2)5-7-18(15)24-3/h4-10H,1-3H3,(H,21,22)/p-1. The summed E-state index contributed by atoms with van der Waals surface area (Å²) >= 11 is 0. The minimum Gasteiger partial charge on any atom is -0.545 e. The lowest BCUT2D eigenvalue weighted by atomic mass is 10.0. The molecule has 1 heterocycles. The van der Waals surface area contributed by atoms with E-state index in [4.69, 9.17) is 9.47 Å². The van der Waals surface area contributed by atoms with Crippen molar-refractivity contribution in [2.75, 3.05) is 14.2 Å². The monoisotopic (exact) mass is 322 g/mol. The van der Waals surface area contributed by atoms with Gasteiger partial charge in [-0.1, -0.05) is 11.6 Å². The van der Waals surface area contributed by atoms with Crippen molar-refractivity contribution in [2.24, 2.45) is 0 Å². The molecule has 0 amide bonds. The lowest BCUT2D eigenvalue weighted by molar-refractivity contribution is -0.254. The molecule has 1 aromatic heterocycles. The van der Waals surface area contributed by atoms with Crippen LogP contribution in [-0.4, -0.2) is 25.2 Å². The number of carbonyl (C=O) groups is 1. The molecule has 0 aliphatic rings. The lowest BCUT2D eigenvalue weighted by Crippen LogP contribution is -2.22. The summed E-state index contributed by atoms with van der Waals surface area (Å²) in [6.45, 7) is 1.90. The smallest absolute Gasteiger partial charge is 0.128 e. The van der Waals surface area contributed by atoms with Gasteiger partial charge >= 0.3 is 0 Å². The van der Waals surface area contributed by atoms with E-state index in [9.17, 15) is 9.90 Å². The molecule has 122 valence electrons. The van der Waals surface area contributed by atoms with Crippen molar-refractivity contribution < 1.29 is 19.4 Å². The largest absolute Gasteiger partial charge is 0.545 e. The minimum absolute atomic E-state index is 0.101. The fourth-order valence-electron chi connectivity index (χ4n) is 2.66. The number of nitrogens with zero attached hydrogens (tertiary/aromatic N) is 1. The second kappa shape index (κ2) is 6.20. The van der Waals surface area contributed by atoms with Gasteiger partial charge in [0.05, 0.1) is 31.4 Å². The second-order valence-electron chi connectivity index (χ2n) is 5.43. The Kier molecular flexibility index (Phi) is 4.08. The molecule has 5 heteroatoms. The van der Waals surface area contributed by atoms with Gasteiger partial charge < -0.3 is 19.4 Å². The predicted octanol–water partition coefficient (Wildman–Crippen LogP) is 2.59. The maximum Gasteiger partial charge on any atom is 0.128 e. The number of rotatable bonds is 4. The third-order valence-corrected chi connectivity index (χ3v) is 3.87. The maximum absolute atomic E-state index is 11.6. The highest BCUT2D eigenvalue weighted by atomic mass is 16.5. The molecule has 0 bridgehead atoms. The molecule has 3 aromatic rings. The number of benzene rings is 2. The highest BCUT2D eigenvalue weighted by Gasteiger charge is 2.13. The number of pyridine rings is 1. The molecule has 2 aromatic carbocycles. The summed E-state index contributed by atoms with van der Waals surface area (Å²) in [6, 6.07) is 12.3. The average molecular weight is 322 g/mol. The van der Waals surface area contributed by atoms with E-state index >= 15 is 0 Å². The molecule has 0 aliphatic carbocycles. The van der Waals surface area contributed by atoms with Crippen LogP contribution >= 0.6 is 0 Å². The molecule has 0 atom stereocenters. The van der Waals surface area contributed by atoms with Crippen LogP contribution in [0.1, 0.15) is 15.9 Å². The Balaban J connectivity index is 2.31. The summed E-state index contributed by atoms with van der Waals surface area (Å²) in [7, 11) is 3.12. The fourth-order valence-corrected chi connectivity index (χ4v) is 2.66.